The standard InChI is InChI=1S/C16H28N2O7/c1-17(2)14(19)8-6-5-7-13(15(20)21)25-16(22)18(9-11-23-3)10-12-24-4/h6,8,13H,5,7,9-12H2,1-4H3,(H,20,21)/b8-6+/t13-/m0/s1. The summed E-state index contributed by atoms with van der Waals surface area (Å²) in [5.41, 5.74) is 0. The Morgan fingerprint density at radius 2 is 1.64 bits per heavy atom. The molecule has 0 saturated heterocycles. The highest BCUT2D eigenvalue weighted by molar-refractivity contribution is 5.87. The fourth-order valence-electron chi connectivity index (χ4n) is 1.71. The van der Waals surface area contributed by atoms with Crippen molar-refractivity contribution < 1.29 is 33.7 Å². The van der Waals surface area contributed by atoms with Gasteiger partial charge in [-0.25, -0.2) is 9.59 Å². The van der Waals surface area contributed by atoms with E-state index < -0.39 is 18.2 Å². The summed E-state index contributed by atoms with van der Waals surface area (Å²) in [6.07, 6.45) is 1.24. The molecule has 0 heterocycles. The van der Waals surface area contributed by atoms with Gasteiger partial charge in [-0.15, -0.1) is 0 Å². The predicted octanol–water partition coefficient (Wildman–Crippen LogP) is 0.596. The molecule has 0 aromatic rings. The maximum absolute atomic E-state index is 12.2. The van der Waals surface area contributed by atoms with Gasteiger partial charge in [0, 0.05) is 41.4 Å². The topological polar surface area (TPSA) is 106 Å². The van der Waals surface area contributed by atoms with Crippen molar-refractivity contribution in [2.24, 2.45) is 0 Å². The Hall–Kier alpha value is -2.13. The second kappa shape index (κ2) is 13.2. The van der Waals surface area contributed by atoms with Gasteiger partial charge in [-0.3, -0.25) is 4.79 Å². The molecule has 0 aliphatic heterocycles. The van der Waals surface area contributed by atoms with Crippen molar-refractivity contribution in [1.82, 2.24) is 9.80 Å². The largest absolute Gasteiger partial charge is 0.479 e. The minimum absolute atomic E-state index is 0.0701. The minimum atomic E-state index is -1.29. The second-order valence-electron chi connectivity index (χ2n) is 5.40. The van der Waals surface area contributed by atoms with Gasteiger partial charge >= 0.3 is 12.1 Å². The number of rotatable bonds is 12. The molecule has 0 radical (unpaired) electrons. The lowest BCUT2D eigenvalue weighted by atomic mass is 10.2. The molecule has 0 aromatic carbocycles. The van der Waals surface area contributed by atoms with Crippen LogP contribution in [0.1, 0.15) is 12.8 Å². The van der Waals surface area contributed by atoms with Gasteiger partial charge in [-0.05, 0) is 18.9 Å². The number of likely N-dealkylation sites (N-methyl/N-ethyl adjacent to an activating group) is 1. The molecule has 0 aromatic heterocycles. The number of carboxylic acids is 1. The summed E-state index contributed by atoms with van der Waals surface area (Å²) in [5, 5.41) is 9.21. The van der Waals surface area contributed by atoms with E-state index in [2.05, 4.69) is 0 Å². The lowest BCUT2D eigenvalue weighted by Gasteiger charge is -2.23. The number of carbonyl (C=O) groups excluding carboxylic acids is 2. The Labute approximate surface area is 148 Å². The molecule has 0 unspecified atom stereocenters. The number of ether oxygens (including phenoxy) is 3. The van der Waals surface area contributed by atoms with Crippen LogP contribution < -0.4 is 0 Å². The molecule has 144 valence electrons. The van der Waals surface area contributed by atoms with Crippen LogP contribution in [0, 0.1) is 0 Å². The van der Waals surface area contributed by atoms with Gasteiger partial charge in [0.05, 0.1) is 13.2 Å². The molecule has 0 fully saturated rings. The Kier molecular flexibility index (Phi) is 12.1. The van der Waals surface area contributed by atoms with Gasteiger partial charge in [0.1, 0.15) is 0 Å². The third-order valence-corrected chi connectivity index (χ3v) is 3.20. The molecule has 25 heavy (non-hydrogen) atoms. The van der Waals surface area contributed by atoms with E-state index in [1.165, 1.54) is 30.1 Å². The van der Waals surface area contributed by atoms with Gasteiger partial charge in [-0.1, -0.05) is 6.08 Å². The van der Waals surface area contributed by atoms with Crippen molar-refractivity contribution in [2.75, 3.05) is 54.6 Å². The van der Waals surface area contributed by atoms with Gasteiger partial charge in [0.25, 0.3) is 0 Å². The molecule has 1 atom stereocenters. The summed E-state index contributed by atoms with van der Waals surface area (Å²) in [6.45, 7) is 1.13. The van der Waals surface area contributed by atoms with E-state index >= 15 is 0 Å². The van der Waals surface area contributed by atoms with Crippen LogP contribution in [0.4, 0.5) is 4.79 Å². The molecule has 1 N–H and O–H groups in total. The lowest BCUT2D eigenvalue weighted by Crippen LogP contribution is -2.40. The normalized spacial score (nSPS) is 12.0. The average Bonchev–Trinajstić information content (AvgIpc) is 2.56. The van der Waals surface area contributed by atoms with Crippen molar-refractivity contribution >= 4 is 18.0 Å². The summed E-state index contributed by atoms with van der Waals surface area (Å²) >= 11 is 0. The first-order chi connectivity index (χ1) is 11.8. The number of hydrogen-bond acceptors (Lipinski definition) is 6. The van der Waals surface area contributed by atoms with Crippen LogP contribution in [-0.4, -0.2) is 93.6 Å². The third kappa shape index (κ3) is 10.4. The molecule has 2 amide bonds. The summed E-state index contributed by atoms with van der Waals surface area (Å²) in [5.74, 6) is -1.44. The zero-order valence-electron chi connectivity index (χ0n) is 15.3. The summed E-state index contributed by atoms with van der Waals surface area (Å²) in [4.78, 5) is 37.5. The highest BCUT2D eigenvalue weighted by Gasteiger charge is 2.24. The van der Waals surface area contributed by atoms with Crippen LogP contribution >= 0.6 is 0 Å². The Balaban J connectivity index is 4.62. The van der Waals surface area contributed by atoms with E-state index in [1.807, 2.05) is 0 Å². The van der Waals surface area contributed by atoms with E-state index in [4.69, 9.17) is 14.2 Å². The number of methoxy groups -OCH3 is 2. The van der Waals surface area contributed by atoms with E-state index in [0.717, 1.165) is 0 Å². The molecule has 9 nitrogen and oxygen atoms in total. The maximum Gasteiger partial charge on any atom is 0.410 e. The predicted molar refractivity (Wildman–Crippen MR) is 90.3 cm³/mol. The van der Waals surface area contributed by atoms with Gasteiger partial charge < -0.3 is 29.1 Å². The van der Waals surface area contributed by atoms with E-state index in [-0.39, 0.29) is 25.4 Å². The second-order valence-corrected chi connectivity index (χ2v) is 5.40. The first-order valence-corrected chi connectivity index (χ1v) is 7.87. The molecule has 0 saturated carbocycles. The fourth-order valence-corrected chi connectivity index (χ4v) is 1.71. The fraction of sp³-hybridized carbons (Fsp3) is 0.688. The van der Waals surface area contributed by atoms with Crippen molar-refractivity contribution in [3.8, 4) is 0 Å². The molecule has 0 aliphatic rings. The maximum atomic E-state index is 12.2. The smallest absolute Gasteiger partial charge is 0.410 e. The van der Waals surface area contributed by atoms with Crippen LogP contribution in [0.15, 0.2) is 12.2 Å². The minimum Gasteiger partial charge on any atom is -0.479 e. The lowest BCUT2D eigenvalue weighted by molar-refractivity contribution is -0.147. The van der Waals surface area contributed by atoms with E-state index in [0.29, 0.717) is 19.6 Å². The SMILES string of the molecule is COCCN(CCOC)C(=O)O[C@@H](CC/C=C/C(=O)N(C)C)C(=O)O. The number of nitrogens with zero attached hydrogens (tertiary/aromatic N) is 2. The van der Waals surface area contributed by atoms with Gasteiger partial charge in [0.2, 0.25) is 12.0 Å². The van der Waals surface area contributed by atoms with Crippen molar-refractivity contribution in [3.05, 3.63) is 12.2 Å². The van der Waals surface area contributed by atoms with Crippen LogP contribution in [0.25, 0.3) is 0 Å². The van der Waals surface area contributed by atoms with Crippen molar-refractivity contribution in [2.45, 2.75) is 18.9 Å². The summed E-state index contributed by atoms with van der Waals surface area (Å²) in [7, 11) is 6.23. The number of carboxylic acid groups (broad SMARTS) is 1. The van der Waals surface area contributed by atoms with E-state index in [1.54, 1.807) is 20.2 Å². The Morgan fingerprint density at radius 3 is 2.08 bits per heavy atom. The number of hydrogen-bond donors (Lipinski definition) is 1. The molecular weight excluding hydrogens is 332 g/mol. The number of allylic oxidation sites excluding steroid dienone is 1. The third-order valence-electron chi connectivity index (χ3n) is 3.20. The first-order valence-electron chi connectivity index (χ1n) is 7.87. The zero-order valence-corrected chi connectivity index (χ0v) is 15.3. The van der Waals surface area contributed by atoms with E-state index in [9.17, 15) is 19.5 Å². The number of amides is 2. The monoisotopic (exact) mass is 360 g/mol. The van der Waals surface area contributed by atoms with Gasteiger partial charge in [0.15, 0.2) is 0 Å². The summed E-state index contributed by atoms with van der Waals surface area (Å²) < 4.78 is 14.9. The Morgan fingerprint density at radius 1 is 1.08 bits per heavy atom. The van der Waals surface area contributed by atoms with Crippen LogP contribution in [0.5, 0.6) is 0 Å². The molecular formula is C16H28N2O7. The highest BCUT2D eigenvalue weighted by Crippen LogP contribution is 2.07. The van der Waals surface area contributed by atoms with Crippen molar-refractivity contribution in [1.29, 1.82) is 0 Å². The highest BCUT2D eigenvalue weighted by atomic mass is 16.6. The molecule has 9 heteroatoms. The van der Waals surface area contributed by atoms with Crippen LogP contribution in [-0.2, 0) is 23.8 Å². The molecule has 0 aliphatic carbocycles. The van der Waals surface area contributed by atoms with Crippen molar-refractivity contribution in [3.63, 3.8) is 0 Å². The quantitative estimate of drug-likeness (QED) is 0.508. The average molecular weight is 360 g/mol. The Bertz CT molecular complexity index is 444. The van der Waals surface area contributed by atoms with Crippen LogP contribution in [0.2, 0.25) is 0 Å². The molecule has 0 bridgehead atoms. The number of carbonyl (C=O) groups is 3. The first kappa shape index (κ1) is 22.9. The van der Waals surface area contributed by atoms with Gasteiger partial charge in [-0.2, -0.15) is 0 Å². The summed E-state index contributed by atoms with van der Waals surface area (Å²) in [6, 6.07) is 0. The molecule has 0 spiro atoms. The molecule has 0 rings (SSSR count). The zero-order chi connectivity index (χ0) is 19.2. The number of aliphatic carboxylic acids is 1. The van der Waals surface area contributed by atoms with Crippen LogP contribution in [0.3, 0.4) is 0 Å².